The number of amides is 2. The standard InChI is InChI=1S/C18H24N2O8S2/c1-3-17(21)19(8-10-29(23,24)25)13-15-6-5-7-16(12-15)14-20(18(22)4-2)9-11-30(26,27)28/h3-7,12H,1-2,8-11,13-14H2,(H,23,24,25)(H,26,27,28). The summed E-state index contributed by atoms with van der Waals surface area (Å²) in [5.74, 6) is -2.33. The van der Waals surface area contributed by atoms with Crippen molar-refractivity contribution in [3.63, 3.8) is 0 Å². The highest BCUT2D eigenvalue weighted by Crippen LogP contribution is 2.12. The van der Waals surface area contributed by atoms with E-state index in [1.165, 1.54) is 9.80 Å². The van der Waals surface area contributed by atoms with Crippen molar-refractivity contribution in [2.45, 2.75) is 13.1 Å². The van der Waals surface area contributed by atoms with Crippen LogP contribution in [0.5, 0.6) is 0 Å². The smallest absolute Gasteiger partial charge is 0.266 e. The first-order valence-electron chi connectivity index (χ1n) is 8.65. The Morgan fingerprint density at radius 2 is 1.20 bits per heavy atom. The molecule has 1 rings (SSSR count). The van der Waals surface area contributed by atoms with Gasteiger partial charge < -0.3 is 9.80 Å². The fraction of sp³-hybridized carbons (Fsp3) is 0.333. The fourth-order valence-electron chi connectivity index (χ4n) is 2.51. The maximum Gasteiger partial charge on any atom is 0.266 e. The average Bonchev–Trinajstić information content (AvgIpc) is 2.66. The zero-order valence-electron chi connectivity index (χ0n) is 16.2. The minimum atomic E-state index is -4.26. The van der Waals surface area contributed by atoms with Gasteiger partial charge in [0.25, 0.3) is 20.2 Å². The Balaban J connectivity index is 2.99. The zero-order valence-corrected chi connectivity index (χ0v) is 17.8. The molecule has 0 radical (unpaired) electrons. The van der Waals surface area contributed by atoms with Crippen LogP contribution in [0.3, 0.4) is 0 Å². The second-order valence-corrected chi connectivity index (χ2v) is 9.46. The third-order valence-corrected chi connectivity index (χ3v) is 5.35. The minimum absolute atomic E-state index is 0.0225. The molecule has 1 aromatic rings. The largest absolute Gasteiger partial charge is 0.334 e. The summed E-state index contributed by atoms with van der Waals surface area (Å²) < 4.78 is 61.8. The summed E-state index contributed by atoms with van der Waals surface area (Å²) in [5.41, 5.74) is 1.22. The molecule has 30 heavy (non-hydrogen) atoms. The van der Waals surface area contributed by atoms with Gasteiger partial charge in [-0.3, -0.25) is 18.7 Å². The van der Waals surface area contributed by atoms with Crippen LogP contribution in [-0.2, 0) is 42.9 Å². The molecule has 0 saturated carbocycles. The Morgan fingerprint density at radius 3 is 1.50 bits per heavy atom. The first-order valence-corrected chi connectivity index (χ1v) is 11.9. The highest BCUT2D eigenvalue weighted by atomic mass is 32.2. The van der Waals surface area contributed by atoms with Gasteiger partial charge >= 0.3 is 0 Å². The summed E-state index contributed by atoms with van der Waals surface area (Å²) in [4.78, 5) is 26.4. The topological polar surface area (TPSA) is 149 Å². The molecule has 0 heterocycles. The van der Waals surface area contributed by atoms with E-state index in [4.69, 9.17) is 9.11 Å². The van der Waals surface area contributed by atoms with Crippen molar-refractivity contribution in [2.24, 2.45) is 0 Å². The maximum absolute atomic E-state index is 12.0. The van der Waals surface area contributed by atoms with Gasteiger partial charge in [-0.2, -0.15) is 16.8 Å². The molecule has 2 amide bonds. The van der Waals surface area contributed by atoms with E-state index in [-0.39, 0.29) is 26.2 Å². The van der Waals surface area contributed by atoms with Crippen molar-refractivity contribution < 1.29 is 35.5 Å². The van der Waals surface area contributed by atoms with Crippen LogP contribution in [-0.4, -0.2) is 72.2 Å². The van der Waals surface area contributed by atoms with Crippen LogP contribution in [0.15, 0.2) is 49.6 Å². The molecule has 0 bridgehead atoms. The third kappa shape index (κ3) is 9.78. The second-order valence-electron chi connectivity index (χ2n) is 6.32. The Morgan fingerprint density at radius 1 is 0.833 bits per heavy atom. The molecule has 0 aliphatic carbocycles. The lowest BCUT2D eigenvalue weighted by molar-refractivity contribution is -0.127. The molecule has 12 heteroatoms. The van der Waals surface area contributed by atoms with Crippen LogP contribution in [0.2, 0.25) is 0 Å². The van der Waals surface area contributed by atoms with E-state index in [1.54, 1.807) is 24.3 Å². The number of benzene rings is 1. The molecule has 0 aliphatic heterocycles. The van der Waals surface area contributed by atoms with Gasteiger partial charge in [0.2, 0.25) is 11.8 Å². The van der Waals surface area contributed by atoms with E-state index in [1.807, 2.05) is 0 Å². The predicted molar refractivity (Wildman–Crippen MR) is 111 cm³/mol. The van der Waals surface area contributed by atoms with E-state index in [2.05, 4.69) is 13.2 Å². The first-order chi connectivity index (χ1) is 13.8. The van der Waals surface area contributed by atoms with Crippen LogP contribution < -0.4 is 0 Å². The summed E-state index contributed by atoms with van der Waals surface area (Å²) >= 11 is 0. The van der Waals surface area contributed by atoms with Crippen molar-refractivity contribution >= 4 is 32.1 Å². The zero-order chi connectivity index (χ0) is 22.9. The maximum atomic E-state index is 12.0. The van der Waals surface area contributed by atoms with Gasteiger partial charge in [0.05, 0.1) is 11.5 Å². The summed E-state index contributed by atoms with van der Waals surface area (Å²) in [6.07, 6.45) is 2.04. The van der Waals surface area contributed by atoms with Crippen LogP contribution in [0, 0.1) is 0 Å². The van der Waals surface area contributed by atoms with Crippen molar-refractivity contribution in [3.05, 3.63) is 60.7 Å². The normalized spacial score (nSPS) is 11.5. The highest BCUT2D eigenvalue weighted by Gasteiger charge is 2.17. The molecule has 0 atom stereocenters. The second kappa shape index (κ2) is 11.0. The summed E-state index contributed by atoms with van der Waals surface area (Å²) in [7, 11) is -8.52. The minimum Gasteiger partial charge on any atom is -0.334 e. The Kier molecular flexibility index (Phi) is 9.36. The predicted octanol–water partition coefficient (Wildman–Crippen LogP) is 0.491. The van der Waals surface area contributed by atoms with Gasteiger partial charge in [0.15, 0.2) is 0 Å². The molecule has 0 spiro atoms. The van der Waals surface area contributed by atoms with Crippen LogP contribution in [0.25, 0.3) is 0 Å². The van der Waals surface area contributed by atoms with Crippen molar-refractivity contribution in [3.8, 4) is 0 Å². The number of nitrogens with zero attached hydrogens (tertiary/aromatic N) is 2. The van der Waals surface area contributed by atoms with E-state index >= 15 is 0 Å². The third-order valence-electron chi connectivity index (χ3n) is 3.95. The van der Waals surface area contributed by atoms with Crippen LogP contribution in [0.1, 0.15) is 11.1 Å². The van der Waals surface area contributed by atoms with Gasteiger partial charge in [-0.05, 0) is 23.3 Å². The molecular weight excluding hydrogens is 436 g/mol. The molecule has 10 nitrogen and oxygen atoms in total. The Hall–Kier alpha value is -2.54. The molecular formula is C18H24N2O8S2. The van der Waals surface area contributed by atoms with Gasteiger partial charge in [0.1, 0.15) is 0 Å². The van der Waals surface area contributed by atoms with E-state index in [9.17, 15) is 26.4 Å². The number of carbonyl (C=O) groups excluding carboxylic acids is 2. The van der Waals surface area contributed by atoms with Gasteiger partial charge in [0, 0.05) is 26.2 Å². The molecule has 1 aromatic carbocycles. The lowest BCUT2D eigenvalue weighted by Crippen LogP contribution is -2.34. The molecule has 0 unspecified atom stereocenters. The van der Waals surface area contributed by atoms with Crippen molar-refractivity contribution in [1.29, 1.82) is 0 Å². The highest BCUT2D eigenvalue weighted by molar-refractivity contribution is 7.86. The van der Waals surface area contributed by atoms with Gasteiger partial charge in [-0.25, -0.2) is 0 Å². The molecule has 0 fully saturated rings. The number of hydrogen-bond donors (Lipinski definition) is 2. The monoisotopic (exact) mass is 460 g/mol. The summed E-state index contributed by atoms with van der Waals surface area (Å²) in [6, 6.07) is 6.67. The van der Waals surface area contributed by atoms with E-state index in [0.29, 0.717) is 11.1 Å². The van der Waals surface area contributed by atoms with Gasteiger partial charge in [-0.1, -0.05) is 37.4 Å². The van der Waals surface area contributed by atoms with Crippen LogP contribution >= 0.6 is 0 Å². The Labute approximate surface area is 176 Å². The lowest BCUT2D eigenvalue weighted by atomic mass is 10.1. The number of hydrogen-bond acceptors (Lipinski definition) is 6. The molecule has 0 aliphatic rings. The Bertz CT molecular complexity index is 926. The van der Waals surface area contributed by atoms with Crippen molar-refractivity contribution in [1.82, 2.24) is 9.80 Å². The molecule has 2 N–H and O–H groups in total. The van der Waals surface area contributed by atoms with E-state index < -0.39 is 43.6 Å². The van der Waals surface area contributed by atoms with Gasteiger partial charge in [-0.15, -0.1) is 0 Å². The van der Waals surface area contributed by atoms with Crippen LogP contribution in [0.4, 0.5) is 0 Å². The first kappa shape index (κ1) is 25.5. The summed E-state index contributed by atoms with van der Waals surface area (Å²) in [5, 5.41) is 0. The molecule has 0 saturated heterocycles. The lowest BCUT2D eigenvalue weighted by Gasteiger charge is -2.23. The average molecular weight is 461 g/mol. The van der Waals surface area contributed by atoms with Crippen molar-refractivity contribution in [2.75, 3.05) is 24.6 Å². The molecule has 166 valence electrons. The number of rotatable bonds is 12. The quantitative estimate of drug-likeness (QED) is 0.338. The SMILES string of the molecule is C=CC(=O)N(CCS(=O)(=O)O)Cc1cccc(CN(CCS(=O)(=O)O)C(=O)C=C)c1. The molecule has 0 aromatic heterocycles. The number of carbonyl (C=O) groups is 2. The summed E-state index contributed by atoms with van der Waals surface area (Å²) in [6.45, 7) is 6.29. The van der Waals surface area contributed by atoms with E-state index in [0.717, 1.165) is 12.2 Å². The fourth-order valence-corrected chi connectivity index (χ4v) is 3.41.